The molecule has 0 saturated carbocycles. The predicted octanol–water partition coefficient (Wildman–Crippen LogP) is 0.562. The second-order valence-electron chi connectivity index (χ2n) is 6.29. The molecule has 0 fully saturated rings. The van der Waals surface area contributed by atoms with Crippen molar-refractivity contribution in [3.63, 3.8) is 0 Å². The van der Waals surface area contributed by atoms with Crippen molar-refractivity contribution in [2.75, 3.05) is 72.7 Å². The zero-order valence-electron chi connectivity index (χ0n) is 16.9. The van der Waals surface area contributed by atoms with Crippen LogP contribution >= 0.6 is 0 Å². The van der Waals surface area contributed by atoms with Crippen LogP contribution in [0.4, 0.5) is 0 Å². The standard InChI is InChI=1S/C22H32O7/c1-3-20-5-7-22(4-2,8-6-20)21(24)19-29-18-17-28-16-15-27-14-13-26-12-11-25-10-9-23/h1-2,5-7,21,23-24H,8-19H2. The summed E-state index contributed by atoms with van der Waals surface area (Å²) >= 11 is 0. The lowest BCUT2D eigenvalue weighted by Gasteiger charge is -2.31. The van der Waals surface area contributed by atoms with E-state index in [1.54, 1.807) is 12.2 Å². The molecule has 1 rings (SSSR count). The van der Waals surface area contributed by atoms with Gasteiger partial charge in [-0.05, 0) is 12.5 Å². The van der Waals surface area contributed by atoms with Gasteiger partial charge in [0.2, 0.25) is 0 Å². The molecule has 0 radical (unpaired) electrons. The van der Waals surface area contributed by atoms with Gasteiger partial charge >= 0.3 is 0 Å². The molecular formula is C22H32O7. The maximum absolute atomic E-state index is 10.4. The third-order valence-electron chi connectivity index (χ3n) is 4.25. The van der Waals surface area contributed by atoms with Gasteiger partial charge in [-0.2, -0.15) is 0 Å². The highest BCUT2D eigenvalue weighted by atomic mass is 16.6. The minimum Gasteiger partial charge on any atom is -0.394 e. The van der Waals surface area contributed by atoms with Crippen molar-refractivity contribution in [2.24, 2.45) is 5.41 Å². The SMILES string of the molecule is C#CC1=CCC(C#C)(C(O)COCCOCCOCCOCCOCCO)C=C1. The van der Waals surface area contributed by atoms with Crippen LogP contribution in [0.5, 0.6) is 0 Å². The Balaban J connectivity index is 1.96. The molecule has 0 spiro atoms. The Morgan fingerprint density at radius 2 is 1.41 bits per heavy atom. The molecule has 0 bridgehead atoms. The monoisotopic (exact) mass is 408 g/mol. The van der Waals surface area contributed by atoms with Gasteiger partial charge in [0.05, 0.1) is 84.2 Å². The molecule has 2 N–H and O–H groups in total. The summed E-state index contributed by atoms with van der Waals surface area (Å²) in [7, 11) is 0. The quantitative estimate of drug-likeness (QED) is 0.269. The highest BCUT2D eigenvalue weighted by Crippen LogP contribution is 2.33. The summed E-state index contributed by atoms with van der Waals surface area (Å²) in [6.07, 6.45) is 16.0. The van der Waals surface area contributed by atoms with E-state index in [4.69, 9.17) is 41.6 Å². The van der Waals surface area contributed by atoms with Crippen molar-refractivity contribution in [3.8, 4) is 24.7 Å². The summed E-state index contributed by atoms with van der Waals surface area (Å²) in [6, 6.07) is 0. The summed E-state index contributed by atoms with van der Waals surface area (Å²) in [5.74, 6) is 5.21. The number of aliphatic hydroxyl groups is 2. The van der Waals surface area contributed by atoms with E-state index in [0.717, 1.165) is 5.57 Å². The number of hydrogen-bond donors (Lipinski definition) is 2. The Kier molecular flexibility index (Phi) is 14.1. The summed E-state index contributed by atoms with van der Waals surface area (Å²) < 4.78 is 26.6. The number of ether oxygens (including phenoxy) is 5. The highest BCUT2D eigenvalue weighted by molar-refractivity contribution is 5.42. The van der Waals surface area contributed by atoms with Crippen LogP contribution in [-0.2, 0) is 23.7 Å². The van der Waals surface area contributed by atoms with Gasteiger partial charge in [-0.1, -0.05) is 24.0 Å². The topological polar surface area (TPSA) is 86.6 Å². The van der Waals surface area contributed by atoms with Crippen molar-refractivity contribution < 1.29 is 33.9 Å². The van der Waals surface area contributed by atoms with Gasteiger partial charge in [0.15, 0.2) is 0 Å². The second kappa shape index (κ2) is 16.2. The van der Waals surface area contributed by atoms with Crippen LogP contribution in [0.25, 0.3) is 0 Å². The molecule has 0 heterocycles. The number of allylic oxidation sites excluding steroid dienone is 3. The molecule has 7 nitrogen and oxygen atoms in total. The predicted molar refractivity (Wildman–Crippen MR) is 109 cm³/mol. The Morgan fingerprint density at radius 3 is 1.83 bits per heavy atom. The Bertz CT molecular complexity index is 573. The fourth-order valence-electron chi connectivity index (χ4n) is 2.50. The molecule has 7 heteroatoms. The zero-order chi connectivity index (χ0) is 21.2. The van der Waals surface area contributed by atoms with Gasteiger partial charge < -0.3 is 33.9 Å². The lowest BCUT2D eigenvalue weighted by Crippen LogP contribution is -2.36. The Hall–Kier alpha value is -1.68. The molecule has 0 aromatic heterocycles. The van der Waals surface area contributed by atoms with Crippen molar-refractivity contribution >= 4 is 0 Å². The molecule has 0 aromatic rings. The van der Waals surface area contributed by atoms with Gasteiger partial charge in [0.25, 0.3) is 0 Å². The molecule has 1 aliphatic carbocycles. The zero-order valence-corrected chi connectivity index (χ0v) is 16.9. The van der Waals surface area contributed by atoms with E-state index in [2.05, 4.69) is 11.8 Å². The lowest BCUT2D eigenvalue weighted by atomic mass is 9.76. The van der Waals surface area contributed by atoms with Crippen molar-refractivity contribution in [2.45, 2.75) is 12.5 Å². The van der Waals surface area contributed by atoms with Crippen LogP contribution in [0.1, 0.15) is 6.42 Å². The summed E-state index contributed by atoms with van der Waals surface area (Å²) in [4.78, 5) is 0. The van der Waals surface area contributed by atoms with Crippen LogP contribution in [0.3, 0.4) is 0 Å². The normalized spacial score (nSPS) is 19.4. The largest absolute Gasteiger partial charge is 0.394 e. The van der Waals surface area contributed by atoms with Crippen LogP contribution in [0.2, 0.25) is 0 Å². The maximum atomic E-state index is 10.4. The molecule has 29 heavy (non-hydrogen) atoms. The minimum absolute atomic E-state index is 0.0171. The smallest absolute Gasteiger partial charge is 0.0976 e. The first-order valence-electron chi connectivity index (χ1n) is 9.70. The first kappa shape index (κ1) is 25.4. The van der Waals surface area contributed by atoms with Crippen LogP contribution < -0.4 is 0 Å². The Morgan fingerprint density at radius 1 is 0.897 bits per heavy atom. The molecule has 2 unspecified atom stereocenters. The average Bonchev–Trinajstić information content (AvgIpc) is 2.76. The number of rotatable bonds is 17. The van der Waals surface area contributed by atoms with Crippen molar-refractivity contribution in [3.05, 3.63) is 23.8 Å². The van der Waals surface area contributed by atoms with Gasteiger partial charge in [0, 0.05) is 5.57 Å². The molecule has 0 aromatic carbocycles. The summed E-state index contributed by atoms with van der Waals surface area (Å²) in [5, 5.41) is 18.9. The van der Waals surface area contributed by atoms with Gasteiger partial charge in [-0.25, -0.2) is 0 Å². The minimum atomic E-state index is -0.823. The van der Waals surface area contributed by atoms with E-state index >= 15 is 0 Å². The number of aliphatic hydroxyl groups excluding tert-OH is 2. The lowest BCUT2D eigenvalue weighted by molar-refractivity contribution is -0.0340. The van der Waals surface area contributed by atoms with E-state index in [-0.39, 0.29) is 13.2 Å². The molecular weight excluding hydrogens is 376 g/mol. The molecule has 162 valence electrons. The average molecular weight is 408 g/mol. The van der Waals surface area contributed by atoms with E-state index in [1.807, 2.05) is 6.08 Å². The van der Waals surface area contributed by atoms with Crippen LogP contribution in [-0.4, -0.2) is 89.0 Å². The molecule has 0 saturated heterocycles. The van der Waals surface area contributed by atoms with Crippen LogP contribution in [0, 0.1) is 30.1 Å². The maximum Gasteiger partial charge on any atom is 0.0976 e. The number of terminal acetylenes is 2. The Labute approximate surface area is 173 Å². The van der Waals surface area contributed by atoms with Gasteiger partial charge in [0.1, 0.15) is 0 Å². The fourth-order valence-corrected chi connectivity index (χ4v) is 2.50. The van der Waals surface area contributed by atoms with Gasteiger partial charge in [-0.3, -0.25) is 0 Å². The second-order valence-corrected chi connectivity index (χ2v) is 6.29. The highest BCUT2D eigenvalue weighted by Gasteiger charge is 2.34. The molecule has 2 atom stereocenters. The molecule has 0 amide bonds. The first-order chi connectivity index (χ1) is 14.2. The third kappa shape index (κ3) is 10.6. The summed E-state index contributed by atoms with van der Waals surface area (Å²) in [5.41, 5.74) is -0.0273. The summed E-state index contributed by atoms with van der Waals surface area (Å²) in [6.45, 7) is 4.00. The van der Waals surface area contributed by atoms with Gasteiger partial charge in [-0.15, -0.1) is 12.8 Å². The van der Waals surface area contributed by atoms with E-state index in [9.17, 15) is 5.11 Å². The van der Waals surface area contributed by atoms with E-state index in [1.165, 1.54) is 0 Å². The molecule has 1 aliphatic rings. The third-order valence-corrected chi connectivity index (χ3v) is 4.25. The van der Waals surface area contributed by atoms with Crippen molar-refractivity contribution in [1.82, 2.24) is 0 Å². The first-order valence-corrected chi connectivity index (χ1v) is 9.70. The fraction of sp³-hybridized carbons (Fsp3) is 0.636. The number of hydrogen-bond acceptors (Lipinski definition) is 7. The van der Waals surface area contributed by atoms with Crippen molar-refractivity contribution in [1.29, 1.82) is 0 Å². The molecule has 0 aliphatic heterocycles. The van der Waals surface area contributed by atoms with E-state index in [0.29, 0.717) is 65.9 Å². The van der Waals surface area contributed by atoms with E-state index < -0.39 is 11.5 Å². The van der Waals surface area contributed by atoms with Crippen LogP contribution in [0.15, 0.2) is 23.8 Å².